The second-order valence-electron chi connectivity index (χ2n) is 6.06. The van der Waals surface area contributed by atoms with Crippen molar-refractivity contribution < 1.29 is 18.7 Å². The van der Waals surface area contributed by atoms with Gasteiger partial charge in [0.15, 0.2) is 5.82 Å². The number of halogens is 1. The van der Waals surface area contributed by atoms with Crippen molar-refractivity contribution in [1.29, 1.82) is 0 Å². The van der Waals surface area contributed by atoms with Gasteiger partial charge in [-0.3, -0.25) is 0 Å². The lowest BCUT2D eigenvalue weighted by Gasteiger charge is -2.25. The Balaban J connectivity index is 1.80. The van der Waals surface area contributed by atoms with Crippen LogP contribution in [0.3, 0.4) is 0 Å². The molecule has 7 heteroatoms. The van der Waals surface area contributed by atoms with Gasteiger partial charge in [0.2, 0.25) is 0 Å². The first kappa shape index (κ1) is 14.4. The summed E-state index contributed by atoms with van der Waals surface area (Å²) in [6.45, 7) is 3.54. The number of methoxy groups -OCH3 is 1. The summed E-state index contributed by atoms with van der Waals surface area (Å²) in [6.07, 6.45) is 0.247. The molecule has 3 heterocycles. The topological polar surface area (TPSA) is 56.6 Å². The van der Waals surface area contributed by atoms with E-state index in [0.717, 1.165) is 23.3 Å². The first-order valence-corrected chi connectivity index (χ1v) is 7.74. The van der Waals surface area contributed by atoms with Gasteiger partial charge in [0, 0.05) is 24.6 Å². The molecule has 6 nitrogen and oxygen atoms in total. The van der Waals surface area contributed by atoms with Gasteiger partial charge in [-0.05, 0) is 19.4 Å². The first-order valence-electron chi connectivity index (χ1n) is 7.74. The molecule has 1 aromatic heterocycles. The number of ether oxygens (including phenoxy) is 2. The number of aromatic nitrogens is 2. The number of carbonyl (C=O) groups excluding carboxylic acids is 1. The standard InChI is InChI=1S/C16H18FN3O3/c1-9-20-14-11(8-23-9)3-4-12(17)13(14)18-15(20)10-5-6-19(7-10)16(21)22-2/h3-4,9-10H,5-8H2,1-2H3/t9-,10+/m1/s1. The lowest BCUT2D eigenvalue weighted by atomic mass is 10.1. The molecule has 2 aliphatic heterocycles. The largest absolute Gasteiger partial charge is 0.453 e. The van der Waals surface area contributed by atoms with Gasteiger partial charge in [-0.25, -0.2) is 14.2 Å². The average Bonchev–Trinajstić information content (AvgIpc) is 3.18. The second-order valence-corrected chi connectivity index (χ2v) is 6.06. The predicted octanol–water partition coefficient (Wildman–Crippen LogP) is 2.78. The zero-order chi connectivity index (χ0) is 16.1. The zero-order valence-corrected chi connectivity index (χ0v) is 13.1. The average molecular weight is 319 g/mol. The molecule has 1 saturated heterocycles. The summed E-state index contributed by atoms with van der Waals surface area (Å²) in [4.78, 5) is 17.9. The molecule has 0 bridgehead atoms. The Morgan fingerprint density at radius 1 is 1.48 bits per heavy atom. The van der Waals surface area contributed by atoms with Gasteiger partial charge in [-0.15, -0.1) is 0 Å². The fourth-order valence-corrected chi connectivity index (χ4v) is 3.58. The van der Waals surface area contributed by atoms with E-state index in [0.29, 0.717) is 25.2 Å². The molecule has 0 aliphatic carbocycles. The third-order valence-corrected chi connectivity index (χ3v) is 4.73. The molecule has 2 aromatic rings. The van der Waals surface area contributed by atoms with Crippen LogP contribution >= 0.6 is 0 Å². The molecule has 2 atom stereocenters. The highest BCUT2D eigenvalue weighted by molar-refractivity contribution is 5.81. The Morgan fingerprint density at radius 3 is 3.09 bits per heavy atom. The summed E-state index contributed by atoms with van der Waals surface area (Å²) in [5.41, 5.74) is 2.15. The van der Waals surface area contributed by atoms with E-state index in [4.69, 9.17) is 9.47 Å². The highest BCUT2D eigenvalue weighted by Crippen LogP contribution is 2.37. The summed E-state index contributed by atoms with van der Waals surface area (Å²) < 4.78 is 26.7. The van der Waals surface area contributed by atoms with Crippen LogP contribution in [0.4, 0.5) is 9.18 Å². The monoisotopic (exact) mass is 319 g/mol. The maximum atomic E-state index is 14.2. The smallest absolute Gasteiger partial charge is 0.409 e. The molecule has 122 valence electrons. The fraction of sp³-hybridized carbons (Fsp3) is 0.500. The van der Waals surface area contributed by atoms with Gasteiger partial charge in [-0.2, -0.15) is 0 Å². The van der Waals surface area contributed by atoms with Gasteiger partial charge in [0.25, 0.3) is 0 Å². The Bertz CT molecular complexity index is 788. The molecule has 0 unspecified atom stereocenters. The van der Waals surface area contributed by atoms with Crippen LogP contribution in [-0.2, 0) is 16.1 Å². The number of nitrogens with zero attached hydrogens (tertiary/aromatic N) is 3. The Morgan fingerprint density at radius 2 is 2.30 bits per heavy atom. The highest BCUT2D eigenvalue weighted by atomic mass is 19.1. The minimum Gasteiger partial charge on any atom is -0.453 e. The van der Waals surface area contributed by atoms with E-state index in [2.05, 4.69) is 4.98 Å². The van der Waals surface area contributed by atoms with Crippen molar-refractivity contribution in [1.82, 2.24) is 14.5 Å². The van der Waals surface area contributed by atoms with Crippen LogP contribution in [0.25, 0.3) is 11.0 Å². The molecule has 0 spiro atoms. The fourth-order valence-electron chi connectivity index (χ4n) is 3.58. The number of rotatable bonds is 1. The van der Waals surface area contributed by atoms with Crippen molar-refractivity contribution in [3.8, 4) is 0 Å². The van der Waals surface area contributed by atoms with E-state index >= 15 is 0 Å². The number of carbonyl (C=O) groups is 1. The summed E-state index contributed by atoms with van der Waals surface area (Å²) in [5.74, 6) is 0.517. The van der Waals surface area contributed by atoms with Crippen LogP contribution in [0.2, 0.25) is 0 Å². The maximum Gasteiger partial charge on any atom is 0.409 e. The lowest BCUT2D eigenvalue weighted by molar-refractivity contribution is -0.00385. The number of likely N-dealkylation sites (tertiary alicyclic amines) is 1. The van der Waals surface area contributed by atoms with Crippen LogP contribution < -0.4 is 0 Å². The van der Waals surface area contributed by atoms with Gasteiger partial charge in [-0.1, -0.05) is 6.07 Å². The van der Waals surface area contributed by atoms with E-state index in [-0.39, 0.29) is 24.1 Å². The molecule has 0 N–H and O–H groups in total. The normalized spacial score (nSPS) is 23.5. The Hall–Kier alpha value is -2.15. The molecule has 4 rings (SSSR count). The third-order valence-electron chi connectivity index (χ3n) is 4.73. The minimum atomic E-state index is -0.335. The SMILES string of the molecule is COC(=O)N1CC[C@H](c2nc3c(F)ccc4c3n2[C@@H](C)OC4)C1. The molecule has 23 heavy (non-hydrogen) atoms. The van der Waals surface area contributed by atoms with Gasteiger partial charge >= 0.3 is 6.09 Å². The minimum absolute atomic E-state index is 0.0536. The van der Waals surface area contributed by atoms with E-state index in [1.807, 2.05) is 11.5 Å². The number of amides is 1. The number of benzene rings is 1. The van der Waals surface area contributed by atoms with Gasteiger partial charge in [0.05, 0.1) is 19.2 Å². The number of hydrogen-bond donors (Lipinski definition) is 0. The van der Waals surface area contributed by atoms with Crippen LogP contribution in [-0.4, -0.2) is 40.7 Å². The molecule has 2 aliphatic rings. The van der Waals surface area contributed by atoms with Crippen molar-refractivity contribution in [2.45, 2.75) is 32.1 Å². The molecule has 0 saturated carbocycles. The lowest BCUT2D eigenvalue weighted by Crippen LogP contribution is -2.28. The van der Waals surface area contributed by atoms with Crippen LogP contribution in [0.15, 0.2) is 12.1 Å². The zero-order valence-electron chi connectivity index (χ0n) is 13.1. The van der Waals surface area contributed by atoms with E-state index in [1.54, 1.807) is 11.0 Å². The Labute approximate surface area is 132 Å². The summed E-state index contributed by atoms with van der Waals surface area (Å²) in [6, 6.07) is 3.19. The van der Waals surface area contributed by atoms with Crippen molar-refractivity contribution in [2.75, 3.05) is 20.2 Å². The van der Waals surface area contributed by atoms with Crippen molar-refractivity contribution >= 4 is 17.1 Å². The Kier molecular flexibility index (Phi) is 3.26. The van der Waals surface area contributed by atoms with Crippen molar-refractivity contribution in [3.05, 3.63) is 29.3 Å². The van der Waals surface area contributed by atoms with Crippen molar-refractivity contribution in [3.63, 3.8) is 0 Å². The predicted molar refractivity (Wildman–Crippen MR) is 80.5 cm³/mol. The summed E-state index contributed by atoms with van der Waals surface area (Å²) in [5, 5.41) is 0. The quantitative estimate of drug-likeness (QED) is 0.811. The maximum absolute atomic E-state index is 14.2. The third kappa shape index (κ3) is 2.10. The van der Waals surface area contributed by atoms with E-state index in [9.17, 15) is 9.18 Å². The summed E-state index contributed by atoms with van der Waals surface area (Å²) >= 11 is 0. The molecular formula is C16H18FN3O3. The second kappa shape index (κ2) is 5.19. The van der Waals surface area contributed by atoms with Crippen molar-refractivity contribution in [2.24, 2.45) is 0 Å². The molecule has 1 aromatic carbocycles. The van der Waals surface area contributed by atoms with E-state index in [1.165, 1.54) is 13.2 Å². The number of imidazole rings is 1. The molecule has 1 fully saturated rings. The van der Waals surface area contributed by atoms with E-state index < -0.39 is 0 Å². The molecule has 1 amide bonds. The molecular weight excluding hydrogens is 301 g/mol. The van der Waals surface area contributed by atoms with Gasteiger partial charge in [0.1, 0.15) is 17.6 Å². The van der Waals surface area contributed by atoms with Gasteiger partial charge < -0.3 is 18.9 Å². The van der Waals surface area contributed by atoms with Crippen LogP contribution in [0.1, 0.15) is 36.9 Å². The first-order chi connectivity index (χ1) is 11.1. The summed E-state index contributed by atoms with van der Waals surface area (Å²) in [7, 11) is 1.38. The highest BCUT2D eigenvalue weighted by Gasteiger charge is 2.34. The van der Waals surface area contributed by atoms with Crippen LogP contribution in [0, 0.1) is 5.82 Å². The van der Waals surface area contributed by atoms with Crippen LogP contribution in [0.5, 0.6) is 0 Å². The molecule has 0 radical (unpaired) electrons. The number of hydrogen-bond acceptors (Lipinski definition) is 4.